The SMILES string of the molecule is O=C1CC(NCCc2ccncc2)CN1. The molecule has 0 saturated carbocycles. The van der Waals surface area contributed by atoms with Crippen LogP contribution in [-0.2, 0) is 11.2 Å². The molecular weight excluding hydrogens is 190 g/mol. The van der Waals surface area contributed by atoms with E-state index in [1.807, 2.05) is 12.1 Å². The van der Waals surface area contributed by atoms with Crippen molar-refractivity contribution in [1.29, 1.82) is 0 Å². The Kier molecular flexibility index (Phi) is 3.29. The molecule has 15 heavy (non-hydrogen) atoms. The third-order valence-corrected chi connectivity index (χ3v) is 2.57. The van der Waals surface area contributed by atoms with Crippen LogP contribution in [0.3, 0.4) is 0 Å². The number of nitrogens with one attached hydrogen (secondary N) is 2. The molecule has 1 saturated heterocycles. The number of aromatic nitrogens is 1. The summed E-state index contributed by atoms with van der Waals surface area (Å²) in [4.78, 5) is 14.9. The average Bonchev–Trinajstić information content (AvgIpc) is 2.66. The highest BCUT2D eigenvalue weighted by Gasteiger charge is 2.19. The molecule has 2 N–H and O–H groups in total. The molecule has 2 heterocycles. The Hall–Kier alpha value is -1.42. The Labute approximate surface area is 89.1 Å². The lowest BCUT2D eigenvalue weighted by atomic mass is 10.2. The van der Waals surface area contributed by atoms with E-state index in [4.69, 9.17) is 0 Å². The molecule has 0 spiro atoms. The summed E-state index contributed by atoms with van der Waals surface area (Å²) in [5, 5.41) is 6.16. The Bertz CT molecular complexity index is 326. The van der Waals surface area contributed by atoms with Crippen LogP contribution in [0, 0.1) is 0 Å². The van der Waals surface area contributed by atoms with Gasteiger partial charge in [0, 0.05) is 31.4 Å². The Morgan fingerprint density at radius 2 is 2.27 bits per heavy atom. The van der Waals surface area contributed by atoms with Gasteiger partial charge < -0.3 is 10.6 Å². The molecule has 0 aromatic carbocycles. The van der Waals surface area contributed by atoms with E-state index in [-0.39, 0.29) is 5.91 Å². The van der Waals surface area contributed by atoms with Gasteiger partial charge in [0.1, 0.15) is 0 Å². The van der Waals surface area contributed by atoms with Crippen molar-refractivity contribution >= 4 is 5.91 Å². The van der Waals surface area contributed by atoms with E-state index in [0.717, 1.165) is 19.5 Å². The molecule has 0 aliphatic carbocycles. The number of carbonyl (C=O) groups is 1. The first-order valence-corrected chi connectivity index (χ1v) is 5.23. The molecule has 1 fully saturated rings. The van der Waals surface area contributed by atoms with E-state index >= 15 is 0 Å². The molecule has 1 atom stereocenters. The fourth-order valence-electron chi connectivity index (χ4n) is 1.72. The summed E-state index contributed by atoms with van der Waals surface area (Å²) >= 11 is 0. The largest absolute Gasteiger partial charge is 0.354 e. The predicted molar refractivity (Wildman–Crippen MR) is 57.4 cm³/mol. The van der Waals surface area contributed by atoms with Crippen molar-refractivity contribution < 1.29 is 4.79 Å². The van der Waals surface area contributed by atoms with Gasteiger partial charge in [-0.05, 0) is 30.7 Å². The van der Waals surface area contributed by atoms with Gasteiger partial charge in [-0.1, -0.05) is 0 Å². The van der Waals surface area contributed by atoms with Crippen LogP contribution in [0.1, 0.15) is 12.0 Å². The number of hydrogen-bond acceptors (Lipinski definition) is 3. The monoisotopic (exact) mass is 205 g/mol. The molecular formula is C11H15N3O. The molecule has 1 aliphatic heterocycles. The minimum atomic E-state index is 0.149. The summed E-state index contributed by atoms with van der Waals surface area (Å²) in [5.74, 6) is 0.149. The zero-order chi connectivity index (χ0) is 10.5. The molecule has 0 bridgehead atoms. The molecule has 4 nitrogen and oxygen atoms in total. The van der Waals surface area contributed by atoms with Crippen molar-refractivity contribution in [2.45, 2.75) is 18.9 Å². The summed E-state index contributed by atoms with van der Waals surface area (Å²) in [6.45, 7) is 1.67. The number of carbonyl (C=O) groups excluding carboxylic acids is 1. The lowest BCUT2D eigenvalue weighted by Crippen LogP contribution is -2.32. The van der Waals surface area contributed by atoms with Crippen LogP contribution in [0.4, 0.5) is 0 Å². The van der Waals surface area contributed by atoms with E-state index in [1.165, 1.54) is 5.56 Å². The topological polar surface area (TPSA) is 54.0 Å². The Morgan fingerprint density at radius 3 is 2.93 bits per heavy atom. The van der Waals surface area contributed by atoms with E-state index in [0.29, 0.717) is 12.5 Å². The summed E-state index contributed by atoms with van der Waals surface area (Å²) in [6, 6.07) is 4.33. The number of nitrogens with zero attached hydrogens (tertiary/aromatic N) is 1. The Balaban J connectivity index is 1.69. The maximum absolute atomic E-state index is 10.9. The molecule has 1 aromatic heterocycles. The van der Waals surface area contributed by atoms with E-state index in [9.17, 15) is 4.79 Å². The average molecular weight is 205 g/mol. The third kappa shape index (κ3) is 3.02. The Morgan fingerprint density at radius 1 is 1.47 bits per heavy atom. The van der Waals surface area contributed by atoms with Crippen molar-refractivity contribution in [3.05, 3.63) is 30.1 Å². The maximum atomic E-state index is 10.9. The fraction of sp³-hybridized carbons (Fsp3) is 0.455. The van der Waals surface area contributed by atoms with Crippen molar-refractivity contribution in [3.8, 4) is 0 Å². The highest BCUT2D eigenvalue weighted by atomic mass is 16.1. The zero-order valence-electron chi connectivity index (χ0n) is 8.57. The second-order valence-electron chi connectivity index (χ2n) is 3.76. The highest BCUT2D eigenvalue weighted by Crippen LogP contribution is 2.00. The molecule has 1 aliphatic rings. The minimum absolute atomic E-state index is 0.149. The summed E-state index contributed by atoms with van der Waals surface area (Å²) in [5.41, 5.74) is 1.27. The molecule has 1 amide bonds. The van der Waals surface area contributed by atoms with Crippen LogP contribution < -0.4 is 10.6 Å². The maximum Gasteiger partial charge on any atom is 0.221 e. The summed E-state index contributed by atoms with van der Waals surface area (Å²) < 4.78 is 0. The lowest BCUT2D eigenvalue weighted by molar-refractivity contribution is -0.119. The van der Waals surface area contributed by atoms with Gasteiger partial charge in [0.05, 0.1) is 0 Å². The van der Waals surface area contributed by atoms with Gasteiger partial charge in [-0.25, -0.2) is 0 Å². The molecule has 1 aromatic rings. The normalized spacial score (nSPS) is 20.3. The van der Waals surface area contributed by atoms with Crippen LogP contribution >= 0.6 is 0 Å². The lowest BCUT2D eigenvalue weighted by Gasteiger charge is -2.09. The number of hydrogen-bond donors (Lipinski definition) is 2. The predicted octanol–water partition coefficient (Wildman–Crippen LogP) is 0.102. The standard InChI is InChI=1S/C11H15N3O/c15-11-7-10(8-14-11)13-6-3-9-1-4-12-5-2-9/h1-2,4-5,10,13H,3,6-8H2,(H,14,15). The summed E-state index contributed by atoms with van der Waals surface area (Å²) in [7, 11) is 0. The van der Waals surface area contributed by atoms with Crippen LogP contribution in [0.2, 0.25) is 0 Å². The second kappa shape index (κ2) is 4.89. The van der Waals surface area contributed by atoms with Crippen molar-refractivity contribution in [1.82, 2.24) is 15.6 Å². The summed E-state index contributed by atoms with van der Waals surface area (Å²) in [6.07, 6.45) is 5.19. The van der Waals surface area contributed by atoms with Crippen LogP contribution in [0.5, 0.6) is 0 Å². The van der Waals surface area contributed by atoms with Crippen molar-refractivity contribution in [2.24, 2.45) is 0 Å². The third-order valence-electron chi connectivity index (χ3n) is 2.57. The van der Waals surface area contributed by atoms with Gasteiger partial charge in [0.2, 0.25) is 5.91 Å². The zero-order valence-corrected chi connectivity index (χ0v) is 8.57. The molecule has 1 unspecified atom stereocenters. The molecule has 2 rings (SSSR count). The van der Waals surface area contributed by atoms with Crippen LogP contribution in [0.15, 0.2) is 24.5 Å². The number of amides is 1. The smallest absolute Gasteiger partial charge is 0.221 e. The van der Waals surface area contributed by atoms with Crippen molar-refractivity contribution in [3.63, 3.8) is 0 Å². The van der Waals surface area contributed by atoms with Gasteiger partial charge in [-0.3, -0.25) is 9.78 Å². The van der Waals surface area contributed by atoms with E-state index in [1.54, 1.807) is 12.4 Å². The minimum Gasteiger partial charge on any atom is -0.354 e. The van der Waals surface area contributed by atoms with Gasteiger partial charge >= 0.3 is 0 Å². The first-order chi connectivity index (χ1) is 7.34. The first-order valence-electron chi connectivity index (χ1n) is 5.23. The molecule has 0 radical (unpaired) electrons. The molecule has 80 valence electrons. The van der Waals surface area contributed by atoms with Crippen LogP contribution in [-0.4, -0.2) is 30.0 Å². The van der Waals surface area contributed by atoms with Gasteiger partial charge in [0.25, 0.3) is 0 Å². The van der Waals surface area contributed by atoms with Crippen LogP contribution in [0.25, 0.3) is 0 Å². The van der Waals surface area contributed by atoms with Gasteiger partial charge in [-0.2, -0.15) is 0 Å². The highest BCUT2D eigenvalue weighted by molar-refractivity contribution is 5.78. The van der Waals surface area contributed by atoms with Gasteiger partial charge in [0.15, 0.2) is 0 Å². The molecule has 4 heteroatoms. The van der Waals surface area contributed by atoms with E-state index < -0.39 is 0 Å². The number of rotatable bonds is 4. The van der Waals surface area contributed by atoms with Crippen molar-refractivity contribution in [2.75, 3.05) is 13.1 Å². The number of pyridine rings is 1. The van der Waals surface area contributed by atoms with E-state index in [2.05, 4.69) is 15.6 Å². The quantitative estimate of drug-likeness (QED) is 0.733. The first kappa shape index (κ1) is 10.1. The van der Waals surface area contributed by atoms with Gasteiger partial charge in [-0.15, -0.1) is 0 Å². The fourth-order valence-corrected chi connectivity index (χ4v) is 1.72. The second-order valence-corrected chi connectivity index (χ2v) is 3.76.